The molecule has 21 heavy (non-hydrogen) atoms. The highest BCUT2D eigenvalue weighted by Crippen LogP contribution is 2.25. The first-order valence-corrected chi connectivity index (χ1v) is 6.71. The molecule has 1 aromatic carbocycles. The Labute approximate surface area is 121 Å². The van der Waals surface area contributed by atoms with Gasteiger partial charge in [-0.15, -0.1) is 0 Å². The fourth-order valence-corrected chi connectivity index (χ4v) is 2.07. The third-order valence-corrected chi connectivity index (χ3v) is 3.15. The van der Waals surface area contributed by atoms with E-state index in [4.69, 9.17) is 9.68 Å². The standard InChI is InChI=1S/C13H16N4O4/c1-9-8-10(20-16-6-4-12(18)14-16)2-3-11(9)21-17-7-5-13(19)15-17/h2-3,8H,4-7H2,1H3,(H,14,18)(H,15,19). The summed E-state index contributed by atoms with van der Waals surface area (Å²) in [5, 5.41) is 2.81. The number of carbonyl (C=O) groups excluding carboxylic acids is 2. The van der Waals surface area contributed by atoms with Crippen molar-refractivity contribution in [3.63, 3.8) is 0 Å². The minimum Gasteiger partial charge on any atom is -0.386 e. The summed E-state index contributed by atoms with van der Waals surface area (Å²) in [6, 6.07) is 5.30. The molecule has 3 rings (SSSR count). The van der Waals surface area contributed by atoms with Crippen molar-refractivity contribution in [1.82, 2.24) is 21.2 Å². The molecule has 112 valence electrons. The topological polar surface area (TPSA) is 83.1 Å². The molecule has 2 saturated heterocycles. The van der Waals surface area contributed by atoms with Gasteiger partial charge in [-0.1, -0.05) is 10.3 Å². The Morgan fingerprint density at radius 3 is 2.14 bits per heavy atom. The molecule has 0 spiro atoms. The predicted molar refractivity (Wildman–Crippen MR) is 71.4 cm³/mol. The molecule has 2 amide bonds. The number of amides is 2. The zero-order chi connectivity index (χ0) is 14.8. The van der Waals surface area contributed by atoms with E-state index < -0.39 is 0 Å². The molecule has 0 radical (unpaired) electrons. The first-order chi connectivity index (χ1) is 10.1. The zero-order valence-electron chi connectivity index (χ0n) is 11.6. The SMILES string of the molecule is Cc1cc(ON2CCC(=O)N2)ccc1ON1CCC(=O)N1. The van der Waals surface area contributed by atoms with E-state index in [2.05, 4.69) is 10.9 Å². The molecule has 2 aliphatic heterocycles. The second kappa shape index (κ2) is 5.58. The second-order valence-corrected chi connectivity index (χ2v) is 4.88. The van der Waals surface area contributed by atoms with Crippen molar-refractivity contribution in [3.05, 3.63) is 23.8 Å². The van der Waals surface area contributed by atoms with Crippen molar-refractivity contribution < 1.29 is 19.3 Å². The number of nitrogens with zero attached hydrogens (tertiary/aromatic N) is 2. The lowest BCUT2D eigenvalue weighted by atomic mass is 10.2. The van der Waals surface area contributed by atoms with Gasteiger partial charge in [0.2, 0.25) is 11.8 Å². The van der Waals surface area contributed by atoms with E-state index in [1.807, 2.05) is 6.92 Å². The lowest BCUT2D eigenvalue weighted by Crippen LogP contribution is -2.36. The molecule has 1 aromatic rings. The molecule has 0 saturated carbocycles. The molecule has 2 heterocycles. The van der Waals surface area contributed by atoms with E-state index >= 15 is 0 Å². The van der Waals surface area contributed by atoms with Gasteiger partial charge < -0.3 is 9.68 Å². The van der Waals surface area contributed by atoms with Gasteiger partial charge in [-0.05, 0) is 30.7 Å². The minimum atomic E-state index is -0.0588. The van der Waals surface area contributed by atoms with Gasteiger partial charge in [0, 0.05) is 12.8 Å². The van der Waals surface area contributed by atoms with Crippen LogP contribution in [0, 0.1) is 6.92 Å². The van der Waals surface area contributed by atoms with Crippen LogP contribution in [0.5, 0.6) is 11.5 Å². The van der Waals surface area contributed by atoms with Crippen LogP contribution in [0.2, 0.25) is 0 Å². The Balaban J connectivity index is 1.62. The minimum absolute atomic E-state index is 0.0580. The Kier molecular flexibility index (Phi) is 3.63. The van der Waals surface area contributed by atoms with Crippen LogP contribution in [0.25, 0.3) is 0 Å². The van der Waals surface area contributed by atoms with Crippen molar-refractivity contribution in [2.75, 3.05) is 13.1 Å². The Morgan fingerprint density at radius 1 is 1.00 bits per heavy atom. The number of hydroxylamine groups is 2. The summed E-state index contributed by atoms with van der Waals surface area (Å²) in [4.78, 5) is 33.3. The van der Waals surface area contributed by atoms with Crippen molar-refractivity contribution >= 4 is 11.8 Å². The number of benzene rings is 1. The van der Waals surface area contributed by atoms with Gasteiger partial charge in [-0.3, -0.25) is 20.4 Å². The van der Waals surface area contributed by atoms with Gasteiger partial charge in [-0.25, -0.2) is 0 Å². The molecule has 8 heteroatoms. The fourth-order valence-electron chi connectivity index (χ4n) is 2.07. The van der Waals surface area contributed by atoms with E-state index in [-0.39, 0.29) is 11.8 Å². The zero-order valence-corrected chi connectivity index (χ0v) is 11.6. The van der Waals surface area contributed by atoms with Crippen molar-refractivity contribution in [2.45, 2.75) is 19.8 Å². The first-order valence-electron chi connectivity index (χ1n) is 6.71. The Morgan fingerprint density at radius 2 is 1.62 bits per heavy atom. The molecule has 0 aromatic heterocycles. The molecule has 8 nitrogen and oxygen atoms in total. The van der Waals surface area contributed by atoms with Gasteiger partial charge in [0.25, 0.3) is 0 Å². The molecular weight excluding hydrogens is 276 g/mol. The number of hydrogen-bond donors (Lipinski definition) is 2. The number of rotatable bonds is 4. The van der Waals surface area contributed by atoms with Gasteiger partial charge in [0.05, 0.1) is 13.1 Å². The van der Waals surface area contributed by atoms with Crippen LogP contribution in [0.3, 0.4) is 0 Å². The van der Waals surface area contributed by atoms with Crippen molar-refractivity contribution in [3.8, 4) is 11.5 Å². The van der Waals surface area contributed by atoms with Crippen LogP contribution in [-0.2, 0) is 9.59 Å². The molecular formula is C13H16N4O4. The largest absolute Gasteiger partial charge is 0.386 e. The van der Waals surface area contributed by atoms with Crippen molar-refractivity contribution in [1.29, 1.82) is 0 Å². The molecule has 2 aliphatic rings. The molecule has 2 N–H and O–H groups in total. The number of nitrogens with one attached hydrogen (secondary N) is 2. The summed E-state index contributed by atoms with van der Waals surface area (Å²) in [5.41, 5.74) is 6.04. The maximum Gasteiger partial charge on any atom is 0.238 e. The number of aryl methyl sites for hydroxylation is 1. The third-order valence-electron chi connectivity index (χ3n) is 3.15. The van der Waals surface area contributed by atoms with Gasteiger partial charge >= 0.3 is 0 Å². The predicted octanol–water partition coefficient (Wildman–Crippen LogP) is 0.0564. The highest BCUT2D eigenvalue weighted by molar-refractivity contribution is 5.77. The van der Waals surface area contributed by atoms with Crippen LogP contribution >= 0.6 is 0 Å². The monoisotopic (exact) mass is 292 g/mol. The number of hydrazine groups is 2. The molecule has 2 fully saturated rings. The van der Waals surface area contributed by atoms with E-state index in [9.17, 15) is 9.59 Å². The Hall–Kier alpha value is -2.32. The van der Waals surface area contributed by atoms with E-state index in [1.165, 1.54) is 10.3 Å². The van der Waals surface area contributed by atoms with E-state index in [1.54, 1.807) is 18.2 Å². The smallest absolute Gasteiger partial charge is 0.238 e. The third kappa shape index (κ3) is 3.23. The number of hydrogen-bond acceptors (Lipinski definition) is 6. The maximum atomic E-state index is 11.1. The van der Waals surface area contributed by atoms with Crippen molar-refractivity contribution in [2.24, 2.45) is 0 Å². The summed E-state index contributed by atoms with van der Waals surface area (Å²) < 4.78 is 0. The lowest BCUT2D eigenvalue weighted by Gasteiger charge is -2.19. The van der Waals surface area contributed by atoms with Gasteiger partial charge in [0.15, 0.2) is 5.75 Å². The maximum absolute atomic E-state index is 11.1. The van der Waals surface area contributed by atoms with Crippen LogP contribution < -0.4 is 20.5 Å². The normalized spacial score (nSPS) is 19.5. The van der Waals surface area contributed by atoms with E-state index in [0.717, 1.165) is 5.56 Å². The summed E-state index contributed by atoms with van der Waals surface area (Å²) >= 11 is 0. The lowest BCUT2D eigenvalue weighted by molar-refractivity contribution is -0.132. The van der Waals surface area contributed by atoms with Crippen LogP contribution in [0.15, 0.2) is 18.2 Å². The average Bonchev–Trinajstić information content (AvgIpc) is 3.02. The molecule has 0 unspecified atom stereocenters. The second-order valence-electron chi connectivity index (χ2n) is 4.88. The van der Waals surface area contributed by atoms with Gasteiger partial charge in [0.1, 0.15) is 5.75 Å². The molecule has 0 atom stereocenters. The van der Waals surface area contributed by atoms with Gasteiger partial charge in [-0.2, -0.15) is 0 Å². The summed E-state index contributed by atoms with van der Waals surface area (Å²) in [6.45, 7) is 2.90. The van der Waals surface area contributed by atoms with Crippen LogP contribution in [0.4, 0.5) is 0 Å². The summed E-state index contributed by atoms with van der Waals surface area (Å²) in [5.74, 6) is 1.12. The average molecular weight is 292 g/mol. The quantitative estimate of drug-likeness (QED) is 0.816. The fraction of sp³-hybridized carbons (Fsp3) is 0.385. The number of carbonyl (C=O) groups is 2. The summed E-state index contributed by atoms with van der Waals surface area (Å²) in [7, 11) is 0. The summed E-state index contributed by atoms with van der Waals surface area (Å²) in [6.07, 6.45) is 0.851. The van der Waals surface area contributed by atoms with Crippen LogP contribution in [0.1, 0.15) is 18.4 Å². The van der Waals surface area contributed by atoms with Crippen LogP contribution in [-0.4, -0.2) is 35.2 Å². The first kappa shape index (κ1) is 13.7. The Bertz CT molecular complexity index is 577. The van der Waals surface area contributed by atoms with E-state index in [0.29, 0.717) is 37.4 Å². The highest BCUT2D eigenvalue weighted by Gasteiger charge is 2.22. The molecule has 0 bridgehead atoms. The molecule has 0 aliphatic carbocycles. The highest BCUT2D eigenvalue weighted by atomic mass is 16.7.